The lowest BCUT2D eigenvalue weighted by Gasteiger charge is -2.35. The third kappa shape index (κ3) is 3.93. The second-order valence-corrected chi connectivity index (χ2v) is 6.02. The van der Waals surface area contributed by atoms with Gasteiger partial charge in [0.2, 0.25) is 0 Å². The SMILES string of the molecule is COC(=O)C1(CCC(C)=O)CCCN1C(=O)OCc1ccccc1. The minimum absolute atomic E-state index is 0.0252. The molecule has 1 unspecified atom stereocenters. The summed E-state index contributed by atoms with van der Waals surface area (Å²) in [5, 5.41) is 0. The van der Waals surface area contributed by atoms with E-state index in [1.165, 1.54) is 18.9 Å². The fraction of sp³-hybridized carbons (Fsp3) is 0.500. The van der Waals surface area contributed by atoms with Crippen molar-refractivity contribution < 1.29 is 23.9 Å². The summed E-state index contributed by atoms with van der Waals surface area (Å²) in [6.07, 6.45) is 1.08. The van der Waals surface area contributed by atoms with Crippen molar-refractivity contribution in [3.63, 3.8) is 0 Å². The summed E-state index contributed by atoms with van der Waals surface area (Å²) in [6, 6.07) is 9.34. The molecule has 24 heavy (non-hydrogen) atoms. The zero-order valence-electron chi connectivity index (χ0n) is 14.1. The largest absolute Gasteiger partial charge is 0.467 e. The van der Waals surface area contributed by atoms with Crippen LogP contribution in [0.25, 0.3) is 0 Å². The molecule has 0 saturated carbocycles. The third-order valence-electron chi connectivity index (χ3n) is 4.37. The van der Waals surface area contributed by atoms with E-state index in [0.717, 1.165) is 5.56 Å². The van der Waals surface area contributed by atoms with Crippen molar-refractivity contribution in [2.45, 2.75) is 44.8 Å². The molecule has 0 N–H and O–H groups in total. The first kappa shape index (κ1) is 18.0. The summed E-state index contributed by atoms with van der Waals surface area (Å²) in [5.74, 6) is -0.513. The predicted molar refractivity (Wildman–Crippen MR) is 87.2 cm³/mol. The number of carbonyl (C=O) groups is 3. The Hall–Kier alpha value is -2.37. The van der Waals surface area contributed by atoms with Gasteiger partial charge in [-0.15, -0.1) is 0 Å². The van der Waals surface area contributed by atoms with Gasteiger partial charge in [-0.05, 0) is 31.7 Å². The van der Waals surface area contributed by atoms with Crippen LogP contribution in [-0.2, 0) is 25.7 Å². The standard InChI is InChI=1S/C18H23NO5/c1-14(20)9-11-18(16(21)23-2)10-6-12-19(18)17(22)24-13-15-7-4-3-5-8-15/h3-5,7-8H,6,9-13H2,1-2H3. The highest BCUT2D eigenvalue weighted by Crippen LogP contribution is 2.35. The molecular weight excluding hydrogens is 310 g/mol. The average Bonchev–Trinajstić information content (AvgIpc) is 3.03. The number of ether oxygens (including phenoxy) is 2. The summed E-state index contributed by atoms with van der Waals surface area (Å²) in [4.78, 5) is 37.6. The topological polar surface area (TPSA) is 72.9 Å². The van der Waals surface area contributed by atoms with Crippen LogP contribution in [0.15, 0.2) is 30.3 Å². The van der Waals surface area contributed by atoms with Crippen molar-refractivity contribution in [1.82, 2.24) is 4.90 Å². The van der Waals surface area contributed by atoms with Gasteiger partial charge in [-0.25, -0.2) is 9.59 Å². The number of hydrogen-bond acceptors (Lipinski definition) is 5. The molecule has 1 amide bonds. The van der Waals surface area contributed by atoms with Gasteiger partial charge < -0.3 is 14.3 Å². The maximum atomic E-state index is 12.5. The second kappa shape index (κ2) is 7.95. The predicted octanol–water partition coefficient (Wildman–Crippen LogP) is 2.70. The number of rotatable bonds is 6. The normalized spacial score (nSPS) is 19.8. The van der Waals surface area contributed by atoms with Crippen LogP contribution in [0.5, 0.6) is 0 Å². The number of nitrogens with zero attached hydrogens (tertiary/aromatic N) is 1. The van der Waals surface area contributed by atoms with E-state index in [0.29, 0.717) is 19.4 Å². The first-order valence-corrected chi connectivity index (χ1v) is 8.06. The molecule has 1 aliphatic rings. The van der Waals surface area contributed by atoms with E-state index in [1.807, 2.05) is 30.3 Å². The Morgan fingerprint density at radius 3 is 2.54 bits per heavy atom. The lowest BCUT2D eigenvalue weighted by molar-refractivity contribution is -0.153. The van der Waals surface area contributed by atoms with Crippen molar-refractivity contribution in [3.05, 3.63) is 35.9 Å². The number of ketones is 1. The molecule has 0 aromatic heterocycles. The van der Waals surface area contributed by atoms with E-state index >= 15 is 0 Å². The number of likely N-dealkylation sites (tertiary alicyclic amines) is 1. The van der Waals surface area contributed by atoms with Crippen LogP contribution < -0.4 is 0 Å². The first-order valence-electron chi connectivity index (χ1n) is 8.06. The van der Waals surface area contributed by atoms with E-state index in [4.69, 9.17) is 9.47 Å². The van der Waals surface area contributed by atoms with Gasteiger partial charge in [-0.2, -0.15) is 0 Å². The van der Waals surface area contributed by atoms with Crippen LogP contribution in [0.1, 0.15) is 38.2 Å². The van der Waals surface area contributed by atoms with Crippen LogP contribution >= 0.6 is 0 Å². The highest BCUT2D eigenvalue weighted by Gasteiger charge is 2.51. The molecular formula is C18H23NO5. The fourth-order valence-corrected chi connectivity index (χ4v) is 3.09. The minimum Gasteiger partial charge on any atom is -0.467 e. The summed E-state index contributed by atoms with van der Waals surface area (Å²) >= 11 is 0. The molecule has 1 fully saturated rings. The Labute approximate surface area is 141 Å². The van der Waals surface area contributed by atoms with Crippen LogP contribution in [0.4, 0.5) is 4.79 Å². The molecule has 1 heterocycles. The molecule has 2 rings (SSSR count). The number of carbonyl (C=O) groups excluding carboxylic acids is 3. The molecule has 1 aromatic rings. The van der Waals surface area contributed by atoms with Gasteiger partial charge in [0.15, 0.2) is 0 Å². The van der Waals surface area contributed by atoms with E-state index in [9.17, 15) is 14.4 Å². The van der Waals surface area contributed by atoms with Crippen LogP contribution in [-0.4, -0.2) is 41.9 Å². The Bertz CT molecular complexity index is 601. The van der Waals surface area contributed by atoms with E-state index in [2.05, 4.69) is 0 Å². The highest BCUT2D eigenvalue weighted by atomic mass is 16.6. The molecule has 1 saturated heterocycles. The Morgan fingerprint density at radius 1 is 1.21 bits per heavy atom. The van der Waals surface area contributed by atoms with Crippen molar-refractivity contribution >= 4 is 17.8 Å². The van der Waals surface area contributed by atoms with Crippen molar-refractivity contribution in [1.29, 1.82) is 0 Å². The second-order valence-electron chi connectivity index (χ2n) is 6.02. The van der Waals surface area contributed by atoms with Crippen LogP contribution in [0.3, 0.4) is 0 Å². The molecule has 0 aliphatic carbocycles. The van der Waals surface area contributed by atoms with E-state index in [1.54, 1.807) is 0 Å². The summed E-state index contributed by atoms with van der Waals surface area (Å²) in [7, 11) is 1.30. The maximum Gasteiger partial charge on any atom is 0.411 e. The highest BCUT2D eigenvalue weighted by molar-refractivity contribution is 5.87. The fourth-order valence-electron chi connectivity index (χ4n) is 3.09. The van der Waals surface area contributed by atoms with Gasteiger partial charge >= 0.3 is 12.1 Å². The van der Waals surface area contributed by atoms with Gasteiger partial charge in [0.05, 0.1) is 7.11 Å². The van der Waals surface area contributed by atoms with E-state index in [-0.39, 0.29) is 25.2 Å². The summed E-state index contributed by atoms with van der Waals surface area (Å²) in [5.41, 5.74) is -0.230. The number of Topliss-reactive ketones (excluding diaryl/α,β-unsaturated/α-hetero) is 1. The zero-order valence-corrected chi connectivity index (χ0v) is 14.1. The number of esters is 1. The number of amides is 1. The molecule has 1 aromatic carbocycles. The van der Waals surface area contributed by atoms with Crippen molar-refractivity contribution in [2.24, 2.45) is 0 Å². The van der Waals surface area contributed by atoms with Crippen molar-refractivity contribution in [2.75, 3.05) is 13.7 Å². The van der Waals surface area contributed by atoms with Gasteiger partial charge in [-0.3, -0.25) is 4.90 Å². The Morgan fingerprint density at radius 2 is 1.92 bits per heavy atom. The van der Waals surface area contributed by atoms with E-state index < -0.39 is 17.6 Å². The van der Waals surface area contributed by atoms with Crippen LogP contribution in [0.2, 0.25) is 0 Å². The first-order chi connectivity index (χ1) is 11.5. The summed E-state index contributed by atoms with van der Waals surface area (Å²) in [6.45, 7) is 2.03. The monoisotopic (exact) mass is 333 g/mol. The maximum absolute atomic E-state index is 12.5. The molecule has 1 atom stereocenters. The molecule has 0 radical (unpaired) electrons. The molecule has 1 aliphatic heterocycles. The quantitative estimate of drug-likeness (QED) is 0.748. The smallest absolute Gasteiger partial charge is 0.411 e. The van der Waals surface area contributed by atoms with Gasteiger partial charge in [-0.1, -0.05) is 30.3 Å². The lowest BCUT2D eigenvalue weighted by atomic mass is 9.89. The van der Waals surface area contributed by atoms with Gasteiger partial charge in [0, 0.05) is 13.0 Å². The van der Waals surface area contributed by atoms with Gasteiger partial charge in [0.1, 0.15) is 17.9 Å². The Balaban J connectivity index is 2.10. The molecule has 6 nitrogen and oxygen atoms in total. The number of hydrogen-bond donors (Lipinski definition) is 0. The van der Waals surface area contributed by atoms with Crippen molar-refractivity contribution in [3.8, 4) is 0 Å². The molecule has 130 valence electrons. The Kier molecular flexibility index (Phi) is 5.95. The molecule has 0 spiro atoms. The number of benzene rings is 1. The summed E-state index contributed by atoms with van der Waals surface area (Å²) < 4.78 is 10.3. The molecule has 6 heteroatoms. The number of methoxy groups -OCH3 is 1. The van der Waals surface area contributed by atoms with Gasteiger partial charge in [0.25, 0.3) is 0 Å². The average molecular weight is 333 g/mol. The zero-order chi connectivity index (χ0) is 17.6. The minimum atomic E-state index is -1.10. The van der Waals surface area contributed by atoms with Crippen LogP contribution in [0, 0.1) is 0 Å². The third-order valence-corrected chi connectivity index (χ3v) is 4.37. The molecule has 0 bridgehead atoms. The lowest BCUT2D eigenvalue weighted by Crippen LogP contribution is -2.54.